The molecule has 0 rings (SSSR count). The highest BCUT2D eigenvalue weighted by Crippen LogP contribution is 2.35. The molecular weight excluding hydrogens is 219 g/mol. The molecule has 0 radical (unpaired) electrons. The highest BCUT2D eigenvalue weighted by molar-refractivity contribution is 7.46. The summed E-state index contributed by atoms with van der Waals surface area (Å²) in [5, 5.41) is 26.6. The second kappa shape index (κ2) is 5.52. The summed E-state index contributed by atoms with van der Waals surface area (Å²) in [6.45, 7) is -0.893. The summed E-state index contributed by atoms with van der Waals surface area (Å²) >= 11 is 0. The van der Waals surface area contributed by atoms with E-state index in [0.717, 1.165) is 0 Å². The molecule has 5 N–H and O–H groups in total. The lowest BCUT2D eigenvalue weighted by Crippen LogP contribution is -2.40. The molecule has 84 valence electrons. The molecule has 0 aliphatic heterocycles. The van der Waals surface area contributed by atoms with Crippen molar-refractivity contribution >= 4 is 14.1 Å². The fourth-order valence-electron chi connectivity index (χ4n) is 0.580. The summed E-state index contributed by atoms with van der Waals surface area (Å²) < 4.78 is 14.0. The minimum atomic E-state index is -4.74. The fourth-order valence-corrected chi connectivity index (χ4v) is 0.927. The molecular formula is C5H11O8P. The zero-order chi connectivity index (χ0) is 11.4. The van der Waals surface area contributed by atoms with Gasteiger partial charge in [0.25, 0.3) is 0 Å². The van der Waals surface area contributed by atoms with Crippen LogP contribution in [0.25, 0.3) is 0 Å². The average molecular weight is 230 g/mol. The lowest BCUT2D eigenvalue weighted by atomic mass is 10.1. The molecule has 0 aliphatic rings. The maximum absolute atomic E-state index is 10.1. The van der Waals surface area contributed by atoms with E-state index in [4.69, 9.17) is 25.1 Å². The third-order valence-corrected chi connectivity index (χ3v) is 1.78. The molecule has 0 bridgehead atoms. The molecule has 0 fully saturated rings. The van der Waals surface area contributed by atoms with E-state index < -0.39 is 32.7 Å². The zero-order valence-electron chi connectivity index (χ0n) is 6.92. The monoisotopic (exact) mass is 230 g/mol. The Labute approximate surface area is 79.0 Å². The maximum atomic E-state index is 10.1. The van der Waals surface area contributed by atoms with Gasteiger partial charge in [-0.1, -0.05) is 0 Å². The Morgan fingerprint density at radius 3 is 2.14 bits per heavy atom. The largest absolute Gasteiger partial charge is 0.469 e. The molecule has 0 saturated heterocycles. The lowest BCUT2D eigenvalue weighted by Gasteiger charge is -2.19. The van der Waals surface area contributed by atoms with Gasteiger partial charge in [-0.3, -0.25) is 4.52 Å². The van der Waals surface area contributed by atoms with Crippen molar-refractivity contribution in [2.24, 2.45) is 0 Å². The summed E-state index contributed by atoms with van der Waals surface area (Å²) in [7, 11) is -4.74. The van der Waals surface area contributed by atoms with Gasteiger partial charge in [0.05, 0.1) is 6.61 Å². The number of hydrogen-bond acceptors (Lipinski definition) is 6. The van der Waals surface area contributed by atoms with Gasteiger partial charge in [0.1, 0.15) is 18.3 Å². The summed E-state index contributed by atoms with van der Waals surface area (Å²) in [4.78, 5) is 26.4. The highest BCUT2D eigenvalue weighted by Gasteiger charge is 2.27. The van der Waals surface area contributed by atoms with Gasteiger partial charge in [0.15, 0.2) is 6.29 Å². The van der Waals surface area contributed by atoms with Crippen LogP contribution in [0.5, 0.6) is 0 Å². The quantitative estimate of drug-likeness (QED) is 0.246. The zero-order valence-corrected chi connectivity index (χ0v) is 7.82. The van der Waals surface area contributed by atoms with Crippen molar-refractivity contribution in [1.29, 1.82) is 0 Å². The molecule has 0 aromatic heterocycles. The second-order valence-electron chi connectivity index (χ2n) is 2.47. The number of aliphatic hydroxyl groups excluding tert-OH is 3. The average Bonchev–Trinajstić information content (AvgIpc) is 2.10. The Morgan fingerprint density at radius 2 is 1.79 bits per heavy atom. The summed E-state index contributed by atoms with van der Waals surface area (Å²) in [6.07, 6.45) is -5.46. The van der Waals surface area contributed by atoms with Gasteiger partial charge in [-0.2, -0.15) is 0 Å². The van der Waals surface area contributed by atoms with Crippen molar-refractivity contribution in [3.63, 3.8) is 0 Å². The van der Waals surface area contributed by atoms with Crippen LogP contribution in [0.4, 0.5) is 0 Å². The number of phosphoric ester groups is 1. The van der Waals surface area contributed by atoms with Gasteiger partial charge in [-0.05, 0) is 0 Å². The molecule has 3 atom stereocenters. The van der Waals surface area contributed by atoms with Crippen LogP contribution in [-0.2, 0) is 13.9 Å². The van der Waals surface area contributed by atoms with E-state index in [2.05, 4.69) is 4.52 Å². The fraction of sp³-hybridized carbons (Fsp3) is 0.800. The van der Waals surface area contributed by atoms with Crippen LogP contribution in [-0.4, -0.2) is 56.3 Å². The topological polar surface area (TPSA) is 145 Å². The van der Waals surface area contributed by atoms with Crippen LogP contribution in [0.1, 0.15) is 0 Å². The lowest BCUT2D eigenvalue weighted by molar-refractivity contribution is -0.127. The van der Waals surface area contributed by atoms with Gasteiger partial charge < -0.3 is 29.9 Å². The Bertz CT molecular complexity index is 224. The number of rotatable bonds is 6. The molecule has 8 nitrogen and oxygen atoms in total. The van der Waals surface area contributed by atoms with E-state index in [1.165, 1.54) is 0 Å². The molecule has 0 aromatic rings. The van der Waals surface area contributed by atoms with Crippen molar-refractivity contribution in [2.75, 3.05) is 6.61 Å². The Hall–Kier alpha value is -0.340. The minimum absolute atomic E-state index is 0.0225. The van der Waals surface area contributed by atoms with Gasteiger partial charge in [-0.25, -0.2) is 4.57 Å². The van der Waals surface area contributed by atoms with E-state index in [1.54, 1.807) is 0 Å². The van der Waals surface area contributed by atoms with Crippen molar-refractivity contribution in [1.82, 2.24) is 0 Å². The third-order valence-electron chi connectivity index (χ3n) is 1.30. The van der Waals surface area contributed by atoms with E-state index in [9.17, 15) is 9.36 Å². The Kier molecular flexibility index (Phi) is 5.38. The van der Waals surface area contributed by atoms with Crippen molar-refractivity contribution in [3.05, 3.63) is 0 Å². The molecule has 0 aromatic carbocycles. The van der Waals surface area contributed by atoms with Gasteiger partial charge in [0.2, 0.25) is 0 Å². The summed E-state index contributed by atoms with van der Waals surface area (Å²) in [5.41, 5.74) is 0. The Morgan fingerprint density at radius 1 is 1.29 bits per heavy atom. The summed E-state index contributed by atoms with van der Waals surface area (Å²) in [6, 6.07) is 0. The SMILES string of the molecule is O=C[C@@H](O)[C@H](O)C(O)COP(=O)(O)O. The first-order valence-corrected chi connectivity index (χ1v) is 5.00. The molecule has 0 spiro atoms. The number of carbonyl (C=O) groups excluding carboxylic acids is 1. The number of carbonyl (C=O) groups is 1. The van der Waals surface area contributed by atoms with E-state index in [-0.39, 0.29) is 6.29 Å². The molecule has 1 unspecified atom stereocenters. The van der Waals surface area contributed by atoms with Crippen LogP contribution < -0.4 is 0 Å². The van der Waals surface area contributed by atoms with Crippen LogP contribution in [0.3, 0.4) is 0 Å². The van der Waals surface area contributed by atoms with Crippen molar-refractivity contribution in [3.8, 4) is 0 Å². The minimum Gasteiger partial charge on any atom is -0.388 e. The normalized spacial score (nSPS) is 18.6. The van der Waals surface area contributed by atoms with E-state index >= 15 is 0 Å². The van der Waals surface area contributed by atoms with Gasteiger partial charge >= 0.3 is 7.82 Å². The first kappa shape index (κ1) is 13.7. The smallest absolute Gasteiger partial charge is 0.388 e. The van der Waals surface area contributed by atoms with Crippen LogP contribution in [0.2, 0.25) is 0 Å². The first-order valence-electron chi connectivity index (χ1n) is 3.47. The van der Waals surface area contributed by atoms with E-state index in [1.807, 2.05) is 0 Å². The molecule has 0 aliphatic carbocycles. The van der Waals surface area contributed by atoms with Gasteiger partial charge in [-0.15, -0.1) is 0 Å². The van der Waals surface area contributed by atoms with Crippen LogP contribution in [0.15, 0.2) is 0 Å². The molecule has 0 amide bonds. The highest BCUT2D eigenvalue weighted by atomic mass is 31.2. The first-order chi connectivity index (χ1) is 6.28. The predicted molar refractivity (Wildman–Crippen MR) is 42.1 cm³/mol. The summed E-state index contributed by atoms with van der Waals surface area (Å²) in [5.74, 6) is 0. The standard InChI is InChI=1S/C5H11O8P/c6-1-3(7)5(9)4(8)2-13-14(10,11)12/h1,3-5,7-9H,2H2,(H2,10,11,12)/t3-,4?,5+/m1/s1. The predicted octanol–water partition coefficient (Wildman–Crippen LogP) is -2.62. The number of hydrogen-bond donors (Lipinski definition) is 5. The maximum Gasteiger partial charge on any atom is 0.469 e. The number of aldehydes is 1. The Balaban J connectivity index is 4.02. The van der Waals surface area contributed by atoms with Crippen molar-refractivity contribution < 1.29 is 39.0 Å². The number of aliphatic hydroxyl groups is 3. The molecule has 14 heavy (non-hydrogen) atoms. The molecule has 0 heterocycles. The van der Waals surface area contributed by atoms with Gasteiger partial charge in [0, 0.05) is 0 Å². The van der Waals surface area contributed by atoms with Crippen LogP contribution in [0, 0.1) is 0 Å². The second-order valence-corrected chi connectivity index (χ2v) is 3.71. The van der Waals surface area contributed by atoms with Crippen LogP contribution >= 0.6 is 7.82 Å². The molecule has 9 heteroatoms. The van der Waals surface area contributed by atoms with Crippen molar-refractivity contribution in [2.45, 2.75) is 18.3 Å². The third kappa shape index (κ3) is 5.40. The van der Waals surface area contributed by atoms with E-state index in [0.29, 0.717) is 0 Å². The molecule has 0 saturated carbocycles. The number of phosphoric acid groups is 1.